The quantitative estimate of drug-likeness (QED) is 0.566. The Balaban J connectivity index is 2.68. The average Bonchev–Trinajstić information content (AvgIpc) is 2.34. The van der Waals surface area contributed by atoms with E-state index in [0.717, 1.165) is 5.56 Å². The van der Waals surface area contributed by atoms with Gasteiger partial charge in [0.15, 0.2) is 0 Å². The van der Waals surface area contributed by atoms with Crippen molar-refractivity contribution in [2.75, 3.05) is 6.54 Å². The predicted octanol–water partition coefficient (Wildman–Crippen LogP) is 1.58. The summed E-state index contributed by atoms with van der Waals surface area (Å²) >= 11 is 0. The highest BCUT2D eigenvalue weighted by Gasteiger charge is 2.17. The lowest BCUT2D eigenvalue weighted by molar-refractivity contribution is -0.384. The van der Waals surface area contributed by atoms with Gasteiger partial charge in [-0.15, -0.1) is 0 Å². The Bertz CT molecular complexity index is 417. The Morgan fingerprint density at radius 3 is 2.44 bits per heavy atom. The van der Waals surface area contributed by atoms with E-state index in [1.807, 2.05) is 0 Å². The monoisotopic (exact) mass is 252 g/mol. The number of carboxylic acids is 1. The largest absolute Gasteiger partial charge is 0.481 e. The van der Waals surface area contributed by atoms with Gasteiger partial charge in [-0.25, -0.2) is 0 Å². The van der Waals surface area contributed by atoms with Crippen molar-refractivity contribution in [2.24, 2.45) is 11.7 Å². The summed E-state index contributed by atoms with van der Waals surface area (Å²) < 4.78 is 0. The van der Waals surface area contributed by atoms with Gasteiger partial charge < -0.3 is 10.8 Å². The molecule has 0 aliphatic heterocycles. The van der Waals surface area contributed by atoms with Crippen molar-refractivity contribution >= 4 is 11.7 Å². The summed E-state index contributed by atoms with van der Waals surface area (Å²) in [4.78, 5) is 21.0. The van der Waals surface area contributed by atoms with Crippen LogP contribution in [-0.4, -0.2) is 22.5 Å². The minimum absolute atomic E-state index is 0.00702. The summed E-state index contributed by atoms with van der Waals surface area (Å²) in [5.74, 6) is -1.35. The van der Waals surface area contributed by atoms with Crippen LogP contribution < -0.4 is 5.73 Å². The summed E-state index contributed by atoms with van der Waals surface area (Å²) in [6, 6.07) is 5.96. The molecular weight excluding hydrogens is 236 g/mol. The number of hydrogen-bond acceptors (Lipinski definition) is 4. The van der Waals surface area contributed by atoms with Crippen molar-refractivity contribution in [2.45, 2.75) is 19.3 Å². The van der Waals surface area contributed by atoms with Crippen molar-refractivity contribution in [3.63, 3.8) is 0 Å². The number of nitrogens with zero attached hydrogens (tertiary/aromatic N) is 1. The van der Waals surface area contributed by atoms with Crippen LogP contribution in [0.1, 0.15) is 18.4 Å². The Hall–Kier alpha value is -1.95. The van der Waals surface area contributed by atoms with Crippen molar-refractivity contribution in [3.8, 4) is 0 Å². The summed E-state index contributed by atoms with van der Waals surface area (Å²) in [6.45, 7) is 0.462. The third kappa shape index (κ3) is 4.14. The van der Waals surface area contributed by atoms with Crippen LogP contribution in [0.4, 0.5) is 5.69 Å². The van der Waals surface area contributed by atoms with Gasteiger partial charge in [-0.1, -0.05) is 12.1 Å². The highest BCUT2D eigenvalue weighted by Crippen LogP contribution is 2.17. The molecule has 98 valence electrons. The molecule has 1 rings (SSSR count). The molecule has 0 aliphatic rings. The number of nitro benzene ring substituents is 1. The first-order valence-electron chi connectivity index (χ1n) is 5.70. The van der Waals surface area contributed by atoms with E-state index in [4.69, 9.17) is 10.8 Å². The predicted molar refractivity (Wildman–Crippen MR) is 66.2 cm³/mol. The maximum atomic E-state index is 11.0. The SMILES string of the molecule is NCCCC(Cc1ccc([N+](=O)[O-])cc1)C(=O)O. The van der Waals surface area contributed by atoms with Crippen LogP contribution in [-0.2, 0) is 11.2 Å². The van der Waals surface area contributed by atoms with Crippen LogP contribution in [0.5, 0.6) is 0 Å². The fraction of sp³-hybridized carbons (Fsp3) is 0.417. The van der Waals surface area contributed by atoms with Crippen LogP contribution >= 0.6 is 0 Å². The molecule has 18 heavy (non-hydrogen) atoms. The Labute approximate surface area is 105 Å². The number of aliphatic carboxylic acids is 1. The fourth-order valence-corrected chi connectivity index (χ4v) is 1.72. The molecule has 1 aromatic rings. The van der Waals surface area contributed by atoms with E-state index in [1.165, 1.54) is 12.1 Å². The molecule has 6 nitrogen and oxygen atoms in total. The van der Waals surface area contributed by atoms with Crippen LogP contribution in [0, 0.1) is 16.0 Å². The molecule has 0 fully saturated rings. The summed E-state index contributed by atoms with van der Waals surface area (Å²) in [5, 5.41) is 19.5. The zero-order valence-corrected chi connectivity index (χ0v) is 9.91. The van der Waals surface area contributed by atoms with Gasteiger partial charge in [0.05, 0.1) is 10.8 Å². The number of rotatable bonds is 7. The van der Waals surface area contributed by atoms with Gasteiger partial charge in [0.25, 0.3) is 5.69 Å². The molecule has 3 N–H and O–H groups in total. The normalized spacial score (nSPS) is 12.1. The second kappa shape index (κ2) is 6.70. The first-order chi connectivity index (χ1) is 8.54. The van der Waals surface area contributed by atoms with Gasteiger partial charge in [0.1, 0.15) is 0 Å². The number of benzene rings is 1. The van der Waals surface area contributed by atoms with Crippen LogP contribution in [0.2, 0.25) is 0 Å². The summed E-state index contributed by atoms with van der Waals surface area (Å²) in [6.07, 6.45) is 1.54. The van der Waals surface area contributed by atoms with E-state index in [2.05, 4.69) is 0 Å². The van der Waals surface area contributed by atoms with Gasteiger partial charge in [-0.05, 0) is 31.4 Å². The average molecular weight is 252 g/mol. The molecule has 0 spiro atoms. The Morgan fingerprint density at radius 1 is 1.39 bits per heavy atom. The summed E-state index contributed by atoms with van der Waals surface area (Å²) in [7, 11) is 0. The molecular formula is C12H16N2O4. The molecule has 0 aromatic heterocycles. The first kappa shape index (κ1) is 14.1. The topological polar surface area (TPSA) is 106 Å². The molecule has 1 aromatic carbocycles. The van der Waals surface area contributed by atoms with Crippen LogP contribution in [0.15, 0.2) is 24.3 Å². The second-order valence-corrected chi connectivity index (χ2v) is 4.09. The minimum Gasteiger partial charge on any atom is -0.481 e. The van der Waals surface area contributed by atoms with Gasteiger partial charge >= 0.3 is 5.97 Å². The molecule has 0 aliphatic carbocycles. The Morgan fingerprint density at radius 2 is 2.00 bits per heavy atom. The molecule has 0 saturated carbocycles. The lowest BCUT2D eigenvalue weighted by Crippen LogP contribution is -2.17. The molecule has 0 saturated heterocycles. The maximum Gasteiger partial charge on any atom is 0.306 e. The number of hydrogen-bond donors (Lipinski definition) is 2. The molecule has 1 unspecified atom stereocenters. The molecule has 0 amide bonds. The van der Waals surface area contributed by atoms with E-state index in [1.54, 1.807) is 12.1 Å². The van der Waals surface area contributed by atoms with E-state index >= 15 is 0 Å². The van der Waals surface area contributed by atoms with E-state index in [0.29, 0.717) is 25.8 Å². The summed E-state index contributed by atoms with van der Waals surface area (Å²) in [5.41, 5.74) is 6.15. The lowest BCUT2D eigenvalue weighted by Gasteiger charge is -2.11. The number of nitro groups is 1. The van der Waals surface area contributed by atoms with Gasteiger partial charge in [0.2, 0.25) is 0 Å². The smallest absolute Gasteiger partial charge is 0.306 e. The van der Waals surface area contributed by atoms with Crippen molar-refractivity contribution in [1.82, 2.24) is 0 Å². The van der Waals surface area contributed by atoms with E-state index in [-0.39, 0.29) is 5.69 Å². The van der Waals surface area contributed by atoms with Crippen LogP contribution in [0.3, 0.4) is 0 Å². The molecule has 1 atom stereocenters. The number of non-ortho nitro benzene ring substituents is 1. The van der Waals surface area contributed by atoms with Crippen molar-refractivity contribution in [3.05, 3.63) is 39.9 Å². The second-order valence-electron chi connectivity index (χ2n) is 4.09. The fourth-order valence-electron chi connectivity index (χ4n) is 1.72. The van der Waals surface area contributed by atoms with Gasteiger partial charge in [0, 0.05) is 12.1 Å². The van der Waals surface area contributed by atoms with Gasteiger partial charge in [-0.3, -0.25) is 14.9 Å². The van der Waals surface area contributed by atoms with Gasteiger partial charge in [-0.2, -0.15) is 0 Å². The highest BCUT2D eigenvalue weighted by atomic mass is 16.6. The first-order valence-corrected chi connectivity index (χ1v) is 5.70. The number of carboxylic acid groups (broad SMARTS) is 1. The molecule has 0 heterocycles. The molecule has 0 radical (unpaired) electrons. The zero-order valence-electron chi connectivity index (χ0n) is 9.91. The molecule has 6 heteroatoms. The van der Waals surface area contributed by atoms with E-state index < -0.39 is 16.8 Å². The lowest BCUT2D eigenvalue weighted by atomic mass is 9.95. The van der Waals surface area contributed by atoms with Crippen molar-refractivity contribution in [1.29, 1.82) is 0 Å². The Kier molecular flexibility index (Phi) is 5.26. The van der Waals surface area contributed by atoms with Crippen molar-refractivity contribution < 1.29 is 14.8 Å². The number of nitrogens with two attached hydrogens (primary N) is 1. The van der Waals surface area contributed by atoms with E-state index in [9.17, 15) is 14.9 Å². The zero-order chi connectivity index (χ0) is 13.5. The number of carbonyl (C=O) groups is 1. The van der Waals surface area contributed by atoms with Crippen LogP contribution in [0.25, 0.3) is 0 Å². The highest BCUT2D eigenvalue weighted by molar-refractivity contribution is 5.70. The maximum absolute atomic E-state index is 11.0. The third-order valence-corrected chi connectivity index (χ3v) is 2.74. The standard InChI is InChI=1S/C12H16N2O4/c13-7-1-2-10(12(15)16)8-9-3-5-11(6-4-9)14(17)18/h3-6,10H,1-2,7-8,13H2,(H,15,16). The minimum atomic E-state index is -0.859. The molecule has 0 bridgehead atoms. The third-order valence-electron chi connectivity index (χ3n) is 2.74.